The van der Waals surface area contributed by atoms with Crippen molar-refractivity contribution in [1.82, 2.24) is 0 Å². The number of esters is 1. The highest BCUT2D eigenvalue weighted by molar-refractivity contribution is 5.79. The molecule has 0 amide bonds. The summed E-state index contributed by atoms with van der Waals surface area (Å²) in [6.45, 7) is 23.8. The number of hydrogen-bond donors (Lipinski definition) is 0. The average molecular weight is 361 g/mol. The Morgan fingerprint density at radius 1 is 0.808 bits per heavy atom. The molecule has 2 heteroatoms. The van der Waals surface area contributed by atoms with Crippen LogP contribution in [0.3, 0.4) is 0 Å². The monoisotopic (exact) mass is 360 g/mol. The van der Waals surface area contributed by atoms with E-state index in [0.717, 1.165) is 12.8 Å². The fourth-order valence-corrected chi connectivity index (χ4v) is 3.27. The van der Waals surface area contributed by atoms with Crippen LogP contribution in [0, 0.1) is 10.8 Å². The molecule has 0 radical (unpaired) electrons. The minimum atomic E-state index is -0.474. The average Bonchev–Trinajstić information content (AvgIpc) is 2.43. The maximum absolute atomic E-state index is 13.0. The quantitative estimate of drug-likeness (QED) is 0.425. The molecule has 148 valence electrons. The van der Waals surface area contributed by atoms with E-state index in [1.54, 1.807) is 0 Å². The van der Waals surface area contributed by atoms with E-state index in [1.165, 1.54) is 11.1 Å². The Labute approximate surface area is 161 Å². The van der Waals surface area contributed by atoms with Gasteiger partial charge in [0.2, 0.25) is 0 Å². The minimum Gasteiger partial charge on any atom is -0.426 e. The summed E-state index contributed by atoms with van der Waals surface area (Å²) in [7, 11) is 0. The third-order valence-electron chi connectivity index (χ3n) is 5.04. The number of benzene rings is 1. The van der Waals surface area contributed by atoms with E-state index in [9.17, 15) is 4.79 Å². The molecule has 0 saturated heterocycles. The highest BCUT2D eigenvalue weighted by Gasteiger charge is 2.37. The van der Waals surface area contributed by atoms with Crippen LogP contribution in [-0.2, 0) is 15.6 Å². The molecule has 1 unspecified atom stereocenters. The number of rotatable bonds is 4. The van der Waals surface area contributed by atoms with E-state index in [-0.39, 0.29) is 22.2 Å². The van der Waals surface area contributed by atoms with Crippen LogP contribution in [0.2, 0.25) is 0 Å². The van der Waals surface area contributed by atoms with Gasteiger partial charge in [-0.3, -0.25) is 4.79 Å². The molecule has 0 spiro atoms. The van der Waals surface area contributed by atoms with Crippen LogP contribution < -0.4 is 4.74 Å². The molecule has 2 nitrogen and oxygen atoms in total. The van der Waals surface area contributed by atoms with E-state index in [1.807, 2.05) is 19.1 Å². The smallest absolute Gasteiger partial charge is 0.317 e. The van der Waals surface area contributed by atoms with Crippen molar-refractivity contribution in [3.8, 4) is 5.75 Å². The normalized spacial score (nSPS) is 15.5. The van der Waals surface area contributed by atoms with Gasteiger partial charge in [0.15, 0.2) is 0 Å². The first kappa shape index (κ1) is 22.7. The van der Waals surface area contributed by atoms with Crippen molar-refractivity contribution in [3.63, 3.8) is 0 Å². The van der Waals surface area contributed by atoms with Crippen molar-refractivity contribution in [2.45, 2.75) is 99.8 Å². The number of carbonyl (C=O) groups excluding carboxylic acids is 1. The van der Waals surface area contributed by atoms with Gasteiger partial charge in [-0.25, -0.2) is 0 Å². The van der Waals surface area contributed by atoms with Crippen molar-refractivity contribution >= 4 is 5.97 Å². The van der Waals surface area contributed by atoms with E-state index in [4.69, 9.17) is 4.74 Å². The molecule has 0 heterocycles. The van der Waals surface area contributed by atoms with Crippen LogP contribution in [0.5, 0.6) is 5.75 Å². The zero-order chi connectivity index (χ0) is 20.6. The van der Waals surface area contributed by atoms with E-state index < -0.39 is 5.41 Å². The molecule has 1 aromatic carbocycles. The molecule has 1 atom stereocenters. The summed E-state index contributed by atoms with van der Waals surface area (Å²) in [6.07, 6.45) is 1.58. The molecule has 0 fully saturated rings. The molecule has 0 aliphatic heterocycles. The van der Waals surface area contributed by atoms with Crippen molar-refractivity contribution in [2.24, 2.45) is 10.8 Å². The summed E-state index contributed by atoms with van der Waals surface area (Å²) < 4.78 is 5.95. The molecule has 0 aliphatic rings. The Morgan fingerprint density at radius 2 is 1.23 bits per heavy atom. The highest BCUT2D eigenvalue weighted by atomic mass is 16.5. The van der Waals surface area contributed by atoms with Crippen molar-refractivity contribution in [3.05, 3.63) is 29.3 Å². The Bertz CT molecular complexity index is 603. The summed E-state index contributed by atoms with van der Waals surface area (Å²) in [5.41, 5.74) is 2.00. The van der Waals surface area contributed by atoms with Crippen molar-refractivity contribution in [2.75, 3.05) is 0 Å². The van der Waals surface area contributed by atoms with E-state index in [0.29, 0.717) is 5.75 Å². The summed E-state index contributed by atoms with van der Waals surface area (Å²) >= 11 is 0. The SMILES string of the molecule is CCC(C)(CC(C)(C)C)C(=O)Oc1cc(C(C)(C)C)cc(C(C)(C)C)c1. The number of ether oxygens (including phenoxy) is 1. The molecule has 0 saturated carbocycles. The predicted molar refractivity (Wildman–Crippen MR) is 112 cm³/mol. The van der Waals surface area contributed by atoms with E-state index in [2.05, 4.69) is 75.3 Å². The largest absolute Gasteiger partial charge is 0.426 e. The number of hydrogen-bond acceptors (Lipinski definition) is 2. The predicted octanol–water partition coefficient (Wildman–Crippen LogP) is 7.04. The Kier molecular flexibility index (Phi) is 6.44. The summed E-state index contributed by atoms with van der Waals surface area (Å²) in [4.78, 5) is 13.0. The molecule has 1 aromatic rings. The topological polar surface area (TPSA) is 26.3 Å². The van der Waals surface area contributed by atoms with Gasteiger partial charge in [-0.2, -0.15) is 0 Å². The molecule has 1 rings (SSSR count). The number of carbonyl (C=O) groups is 1. The second-order valence-corrected chi connectivity index (χ2v) is 11.3. The highest BCUT2D eigenvalue weighted by Crippen LogP contribution is 2.39. The summed E-state index contributed by atoms with van der Waals surface area (Å²) in [5.74, 6) is 0.543. The molecular weight excluding hydrogens is 320 g/mol. The first-order valence-electron chi connectivity index (χ1n) is 9.86. The maximum Gasteiger partial charge on any atom is 0.317 e. The lowest BCUT2D eigenvalue weighted by Crippen LogP contribution is -2.35. The lowest BCUT2D eigenvalue weighted by atomic mass is 9.73. The summed E-state index contributed by atoms with van der Waals surface area (Å²) in [6, 6.07) is 6.30. The third kappa shape index (κ3) is 6.14. The van der Waals surface area contributed by atoms with Crippen LogP contribution in [-0.4, -0.2) is 5.97 Å². The van der Waals surface area contributed by atoms with Gasteiger partial charge in [0.25, 0.3) is 0 Å². The molecule has 0 aromatic heterocycles. The van der Waals surface area contributed by atoms with Crippen LogP contribution >= 0.6 is 0 Å². The molecule has 0 aliphatic carbocycles. The lowest BCUT2D eigenvalue weighted by Gasteiger charge is -2.33. The van der Waals surface area contributed by atoms with Gasteiger partial charge in [-0.1, -0.05) is 75.3 Å². The Hall–Kier alpha value is -1.31. The van der Waals surface area contributed by atoms with Gasteiger partial charge in [0, 0.05) is 0 Å². The van der Waals surface area contributed by atoms with Crippen molar-refractivity contribution < 1.29 is 9.53 Å². The standard InChI is InChI=1S/C24H40O2/c1-12-24(11,16-21(2,3)4)20(25)26-19-14-17(22(5,6)7)13-18(15-19)23(8,9)10/h13-15H,12,16H2,1-11H3. The van der Waals surface area contributed by atoms with Gasteiger partial charge in [0.1, 0.15) is 5.75 Å². The fraction of sp³-hybridized carbons (Fsp3) is 0.708. The van der Waals surface area contributed by atoms with Gasteiger partial charge in [-0.05, 0) is 59.3 Å². The van der Waals surface area contributed by atoms with Gasteiger partial charge in [0.05, 0.1) is 5.41 Å². The fourth-order valence-electron chi connectivity index (χ4n) is 3.27. The van der Waals surface area contributed by atoms with Crippen LogP contribution in [0.4, 0.5) is 0 Å². The van der Waals surface area contributed by atoms with Crippen LogP contribution in [0.1, 0.15) is 100 Å². The van der Waals surface area contributed by atoms with Gasteiger partial charge < -0.3 is 4.74 Å². The molecule has 26 heavy (non-hydrogen) atoms. The minimum absolute atomic E-state index is 0.00187. The maximum atomic E-state index is 13.0. The van der Waals surface area contributed by atoms with Gasteiger partial charge in [-0.15, -0.1) is 0 Å². The van der Waals surface area contributed by atoms with Gasteiger partial charge >= 0.3 is 5.97 Å². The molecule has 0 N–H and O–H groups in total. The molecule has 0 bridgehead atoms. The zero-order valence-corrected chi connectivity index (χ0v) is 19.0. The Balaban J connectivity index is 3.28. The Morgan fingerprint density at radius 3 is 1.54 bits per heavy atom. The second kappa shape index (κ2) is 7.37. The third-order valence-corrected chi connectivity index (χ3v) is 5.04. The first-order valence-corrected chi connectivity index (χ1v) is 9.86. The zero-order valence-electron chi connectivity index (χ0n) is 19.0. The second-order valence-electron chi connectivity index (χ2n) is 11.3. The van der Waals surface area contributed by atoms with Crippen LogP contribution in [0.15, 0.2) is 18.2 Å². The van der Waals surface area contributed by atoms with Crippen molar-refractivity contribution in [1.29, 1.82) is 0 Å². The first-order chi connectivity index (χ1) is 11.5. The lowest BCUT2D eigenvalue weighted by molar-refractivity contribution is -0.147. The summed E-state index contributed by atoms with van der Waals surface area (Å²) in [5, 5.41) is 0. The molecular formula is C24H40O2. The van der Waals surface area contributed by atoms with Crippen LogP contribution in [0.25, 0.3) is 0 Å². The van der Waals surface area contributed by atoms with E-state index >= 15 is 0 Å².